The summed E-state index contributed by atoms with van der Waals surface area (Å²) in [6, 6.07) is 14.7. The summed E-state index contributed by atoms with van der Waals surface area (Å²) in [4.78, 5) is 30.3. The lowest BCUT2D eigenvalue weighted by molar-refractivity contribution is 0.0760. The first-order valence-electron chi connectivity index (χ1n) is 8.82. The Hall–Kier alpha value is -3.28. The lowest BCUT2D eigenvalue weighted by atomic mass is 10.1. The van der Waals surface area contributed by atoms with Crippen LogP contribution in [0.4, 0.5) is 0 Å². The van der Waals surface area contributed by atoms with Gasteiger partial charge in [-0.15, -0.1) is 0 Å². The van der Waals surface area contributed by atoms with Crippen LogP contribution in [-0.4, -0.2) is 32.1 Å². The SMILES string of the molecule is Cc1nn(-c2ccccc2)c(C)c1C(=O)C(=O)n1ccccc1=NC(C)C. The Kier molecular flexibility index (Phi) is 5.16. The molecule has 2 heterocycles. The number of hydrogen-bond donors (Lipinski definition) is 0. The van der Waals surface area contributed by atoms with E-state index in [0.717, 1.165) is 5.69 Å². The molecule has 2 aromatic heterocycles. The topological polar surface area (TPSA) is 69.2 Å². The van der Waals surface area contributed by atoms with E-state index in [-0.39, 0.29) is 6.04 Å². The van der Waals surface area contributed by atoms with Crippen LogP contribution >= 0.6 is 0 Å². The van der Waals surface area contributed by atoms with Gasteiger partial charge in [0.15, 0.2) is 0 Å². The number of aromatic nitrogens is 3. The fraction of sp³-hybridized carbons (Fsp3) is 0.238. The van der Waals surface area contributed by atoms with Crippen LogP contribution in [0, 0.1) is 13.8 Å². The Morgan fingerprint density at radius 3 is 2.33 bits per heavy atom. The van der Waals surface area contributed by atoms with E-state index in [0.29, 0.717) is 22.4 Å². The molecule has 6 nitrogen and oxygen atoms in total. The Morgan fingerprint density at radius 2 is 1.67 bits per heavy atom. The van der Waals surface area contributed by atoms with Gasteiger partial charge in [0.1, 0.15) is 5.49 Å². The van der Waals surface area contributed by atoms with Crippen LogP contribution in [0.2, 0.25) is 0 Å². The molecule has 0 aliphatic rings. The highest BCUT2D eigenvalue weighted by atomic mass is 16.2. The molecule has 0 aliphatic heterocycles. The van der Waals surface area contributed by atoms with E-state index in [2.05, 4.69) is 10.1 Å². The van der Waals surface area contributed by atoms with Gasteiger partial charge in [-0.1, -0.05) is 24.3 Å². The van der Waals surface area contributed by atoms with Crippen LogP contribution in [-0.2, 0) is 0 Å². The highest BCUT2D eigenvalue weighted by Crippen LogP contribution is 2.18. The van der Waals surface area contributed by atoms with Gasteiger partial charge in [0, 0.05) is 12.2 Å². The second kappa shape index (κ2) is 7.53. The van der Waals surface area contributed by atoms with Crippen LogP contribution < -0.4 is 5.49 Å². The summed E-state index contributed by atoms with van der Waals surface area (Å²) in [5.41, 5.74) is 2.78. The number of carbonyl (C=O) groups excluding carboxylic acids is 2. The molecule has 3 rings (SSSR count). The minimum atomic E-state index is -0.645. The molecule has 0 saturated carbocycles. The maximum Gasteiger partial charge on any atom is 0.304 e. The standard InChI is InChI=1S/C21H22N4O2/c1-14(2)22-18-12-8-9-13-24(18)21(27)20(26)19-15(3)23-25(16(19)4)17-10-6-5-7-11-17/h5-14H,1-4H3. The molecule has 0 aliphatic carbocycles. The summed E-state index contributed by atoms with van der Waals surface area (Å²) in [7, 11) is 0. The summed E-state index contributed by atoms with van der Waals surface area (Å²) in [5, 5.41) is 4.46. The Balaban J connectivity index is 2.06. The fourth-order valence-corrected chi connectivity index (χ4v) is 2.98. The average molecular weight is 362 g/mol. The molecule has 0 spiro atoms. The molecule has 138 valence electrons. The second-order valence-corrected chi connectivity index (χ2v) is 6.58. The van der Waals surface area contributed by atoms with Crippen molar-refractivity contribution in [3.8, 4) is 5.69 Å². The number of benzene rings is 1. The van der Waals surface area contributed by atoms with Gasteiger partial charge in [-0.05, 0) is 52.0 Å². The van der Waals surface area contributed by atoms with E-state index in [1.165, 1.54) is 4.57 Å². The van der Waals surface area contributed by atoms with Crippen molar-refractivity contribution < 1.29 is 9.59 Å². The maximum absolute atomic E-state index is 13.0. The normalized spacial score (nSPS) is 11.8. The number of ketones is 1. The van der Waals surface area contributed by atoms with Crippen LogP contribution in [0.5, 0.6) is 0 Å². The van der Waals surface area contributed by atoms with Crippen LogP contribution in [0.3, 0.4) is 0 Å². The van der Waals surface area contributed by atoms with Gasteiger partial charge in [0.05, 0.1) is 22.6 Å². The van der Waals surface area contributed by atoms with E-state index in [4.69, 9.17) is 0 Å². The summed E-state index contributed by atoms with van der Waals surface area (Å²) in [6.07, 6.45) is 1.56. The molecule has 0 bridgehead atoms. The number of nitrogens with zero attached hydrogens (tertiary/aromatic N) is 4. The van der Waals surface area contributed by atoms with E-state index < -0.39 is 11.7 Å². The minimum Gasteiger partial charge on any atom is -0.283 e. The minimum absolute atomic E-state index is 0.00542. The molecular formula is C21H22N4O2. The van der Waals surface area contributed by atoms with Gasteiger partial charge in [-0.25, -0.2) is 4.68 Å². The van der Waals surface area contributed by atoms with Crippen molar-refractivity contribution in [2.45, 2.75) is 33.7 Å². The smallest absolute Gasteiger partial charge is 0.283 e. The van der Waals surface area contributed by atoms with Gasteiger partial charge in [-0.2, -0.15) is 5.10 Å². The van der Waals surface area contributed by atoms with Gasteiger partial charge >= 0.3 is 5.91 Å². The molecule has 3 aromatic rings. The number of hydrogen-bond acceptors (Lipinski definition) is 4. The zero-order valence-electron chi connectivity index (χ0n) is 15.9. The third-order valence-electron chi connectivity index (χ3n) is 4.16. The van der Waals surface area contributed by atoms with Crippen LogP contribution in [0.1, 0.15) is 40.4 Å². The van der Waals surface area contributed by atoms with Crippen molar-refractivity contribution in [2.75, 3.05) is 0 Å². The molecule has 0 unspecified atom stereocenters. The number of pyridine rings is 1. The monoisotopic (exact) mass is 362 g/mol. The van der Waals surface area contributed by atoms with E-state index >= 15 is 0 Å². The van der Waals surface area contributed by atoms with Crippen molar-refractivity contribution in [3.05, 3.63) is 77.2 Å². The number of Topliss-reactive ketones (excluding diaryl/α,β-unsaturated/α-hetero) is 1. The predicted octanol–water partition coefficient (Wildman–Crippen LogP) is 3.12. The zero-order chi connectivity index (χ0) is 19.6. The first kappa shape index (κ1) is 18.5. The molecule has 1 aromatic carbocycles. The summed E-state index contributed by atoms with van der Waals surface area (Å²) < 4.78 is 2.98. The third kappa shape index (κ3) is 3.65. The average Bonchev–Trinajstić information content (AvgIpc) is 2.95. The molecule has 6 heteroatoms. The first-order valence-corrected chi connectivity index (χ1v) is 8.82. The summed E-state index contributed by atoms with van der Waals surface area (Å²) >= 11 is 0. The van der Waals surface area contributed by atoms with E-state index in [1.807, 2.05) is 44.2 Å². The second-order valence-electron chi connectivity index (χ2n) is 6.58. The predicted molar refractivity (Wildman–Crippen MR) is 103 cm³/mol. The third-order valence-corrected chi connectivity index (χ3v) is 4.16. The highest BCUT2D eigenvalue weighted by molar-refractivity contribution is 6.44. The molecule has 27 heavy (non-hydrogen) atoms. The van der Waals surface area contributed by atoms with Gasteiger partial charge in [-0.3, -0.25) is 19.1 Å². The van der Waals surface area contributed by atoms with Crippen molar-refractivity contribution in [1.29, 1.82) is 0 Å². The quantitative estimate of drug-likeness (QED) is 0.529. The number of carbonyl (C=O) groups is 2. The van der Waals surface area contributed by atoms with Crippen LogP contribution in [0.25, 0.3) is 5.69 Å². The van der Waals surface area contributed by atoms with Crippen molar-refractivity contribution in [2.24, 2.45) is 4.99 Å². The van der Waals surface area contributed by atoms with Crippen LogP contribution in [0.15, 0.2) is 59.7 Å². The Morgan fingerprint density at radius 1 is 1.00 bits per heavy atom. The van der Waals surface area contributed by atoms with Crippen molar-refractivity contribution in [1.82, 2.24) is 14.3 Å². The molecule has 0 fully saturated rings. The lowest BCUT2D eigenvalue weighted by Crippen LogP contribution is -2.33. The fourth-order valence-electron chi connectivity index (χ4n) is 2.98. The Bertz CT molecular complexity index is 1060. The summed E-state index contributed by atoms with van der Waals surface area (Å²) in [6.45, 7) is 7.37. The lowest BCUT2D eigenvalue weighted by Gasteiger charge is -2.07. The van der Waals surface area contributed by atoms with E-state index in [1.54, 1.807) is 42.9 Å². The molecular weight excluding hydrogens is 340 g/mol. The van der Waals surface area contributed by atoms with Crippen molar-refractivity contribution >= 4 is 11.7 Å². The van der Waals surface area contributed by atoms with Crippen molar-refractivity contribution in [3.63, 3.8) is 0 Å². The molecule has 0 atom stereocenters. The molecule has 0 saturated heterocycles. The molecule has 0 radical (unpaired) electrons. The summed E-state index contributed by atoms with van der Waals surface area (Å²) in [5.74, 6) is -1.24. The molecule has 0 amide bonds. The number of para-hydroxylation sites is 1. The number of rotatable bonds is 4. The largest absolute Gasteiger partial charge is 0.304 e. The first-order chi connectivity index (χ1) is 12.9. The zero-order valence-corrected chi connectivity index (χ0v) is 15.9. The maximum atomic E-state index is 13.0. The van der Waals surface area contributed by atoms with Gasteiger partial charge in [0.25, 0.3) is 5.78 Å². The van der Waals surface area contributed by atoms with E-state index in [9.17, 15) is 9.59 Å². The Labute approximate surface area is 157 Å². The highest BCUT2D eigenvalue weighted by Gasteiger charge is 2.26. The number of aryl methyl sites for hydroxylation is 1. The van der Waals surface area contributed by atoms with Gasteiger partial charge < -0.3 is 0 Å². The van der Waals surface area contributed by atoms with Gasteiger partial charge in [0.2, 0.25) is 0 Å². The molecule has 0 N–H and O–H groups in total.